The van der Waals surface area contributed by atoms with Crippen LogP contribution < -0.4 is 5.32 Å². The van der Waals surface area contributed by atoms with Crippen molar-refractivity contribution in [2.75, 3.05) is 18.4 Å². The lowest BCUT2D eigenvalue weighted by molar-refractivity contribution is 0.0761. The smallest absolute Gasteiger partial charge is 0.274 e. The Balaban J connectivity index is 1.73. The number of anilines is 1. The average Bonchev–Trinajstić information content (AvgIpc) is 2.91. The molecule has 0 atom stereocenters. The summed E-state index contributed by atoms with van der Waals surface area (Å²) in [7, 11) is 0. The molecule has 2 amide bonds. The van der Waals surface area contributed by atoms with Gasteiger partial charge in [-0.1, -0.05) is 31.0 Å². The molecule has 1 N–H and O–H groups in total. The maximum atomic E-state index is 12.7. The third-order valence-electron chi connectivity index (χ3n) is 4.16. The molecule has 0 saturated carbocycles. The van der Waals surface area contributed by atoms with Gasteiger partial charge in [-0.25, -0.2) is 0 Å². The van der Waals surface area contributed by atoms with Gasteiger partial charge in [0.2, 0.25) is 0 Å². The van der Waals surface area contributed by atoms with E-state index in [1.54, 1.807) is 12.1 Å². The number of amides is 2. The normalized spacial score (nSPS) is 14.8. The molecule has 1 aliphatic rings. The molecule has 0 unspecified atom stereocenters. The fraction of sp³-hybridized carbons (Fsp3) is 0.316. The Bertz CT molecular complexity index is 708. The van der Waals surface area contributed by atoms with E-state index in [2.05, 4.69) is 10.3 Å². The first-order valence-corrected chi connectivity index (χ1v) is 8.36. The predicted octanol–water partition coefficient (Wildman–Crippen LogP) is 3.35. The van der Waals surface area contributed by atoms with E-state index in [4.69, 9.17) is 0 Å². The first-order chi connectivity index (χ1) is 11.7. The van der Waals surface area contributed by atoms with Gasteiger partial charge in [0.15, 0.2) is 0 Å². The number of benzene rings is 1. The van der Waals surface area contributed by atoms with E-state index in [-0.39, 0.29) is 17.5 Å². The Morgan fingerprint density at radius 3 is 2.38 bits per heavy atom. The van der Waals surface area contributed by atoms with E-state index in [1.807, 2.05) is 35.2 Å². The molecule has 2 heterocycles. The Labute approximate surface area is 141 Å². The molecule has 0 radical (unpaired) electrons. The zero-order valence-corrected chi connectivity index (χ0v) is 13.6. The van der Waals surface area contributed by atoms with Crippen LogP contribution in [0.5, 0.6) is 0 Å². The quantitative estimate of drug-likeness (QED) is 0.942. The van der Waals surface area contributed by atoms with Gasteiger partial charge in [-0.3, -0.25) is 14.6 Å². The first-order valence-electron chi connectivity index (χ1n) is 8.36. The molecule has 1 aromatic heterocycles. The van der Waals surface area contributed by atoms with E-state index in [9.17, 15) is 9.59 Å². The van der Waals surface area contributed by atoms with Crippen LogP contribution in [0, 0.1) is 0 Å². The number of pyridine rings is 1. The largest absolute Gasteiger partial charge is 0.339 e. The van der Waals surface area contributed by atoms with Gasteiger partial charge >= 0.3 is 0 Å². The van der Waals surface area contributed by atoms with E-state index in [0.29, 0.717) is 11.3 Å². The lowest BCUT2D eigenvalue weighted by Crippen LogP contribution is -2.32. The zero-order valence-electron chi connectivity index (χ0n) is 13.6. The third kappa shape index (κ3) is 3.98. The van der Waals surface area contributed by atoms with Crippen molar-refractivity contribution in [1.29, 1.82) is 0 Å². The fourth-order valence-electron chi connectivity index (χ4n) is 2.86. The third-order valence-corrected chi connectivity index (χ3v) is 4.16. The van der Waals surface area contributed by atoms with Crippen molar-refractivity contribution in [2.45, 2.75) is 25.7 Å². The van der Waals surface area contributed by atoms with Crippen LogP contribution in [0.2, 0.25) is 0 Å². The summed E-state index contributed by atoms with van der Waals surface area (Å²) in [5.74, 6) is -0.334. The summed E-state index contributed by atoms with van der Waals surface area (Å²) in [6, 6.07) is 12.4. The number of carbonyl (C=O) groups excluding carboxylic acids is 2. The van der Waals surface area contributed by atoms with E-state index in [1.165, 1.54) is 19.0 Å². The lowest BCUT2D eigenvalue weighted by atomic mass is 10.2. The van der Waals surface area contributed by atoms with Crippen LogP contribution in [0.4, 0.5) is 5.69 Å². The summed E-state index contributed by atoms with van der Waals surface area (Å²) in [5, 5.41) is 2.79. The Kier molecular flexibility index (Phi) is 5.21. The second kappa shape index (κ2) is 7.73. The van der Waals surface area contributed by atoms with Gasteiger partial charge in [0.05, 0.1) is 0 Å². The summed E-state index contributed by atoms with van der Waals surface area (Å²) >= 11 is 0. The number of nitrogens with one attached hydrogen (secondary N) is 1. The molecule has 0 aliphatic carbocycles. The van der Waals surface area contributed by atoms with E-state index >= 15 is 0 Å². The van der Waals surface area contributed by atoms with Crippen LogP contribution >= 0.6 is 0 Å². The molecule has 5 nitrogen and oxygen atoms in total. The van der Waals surface area contributed by atoms with Crippen LogP contribution in [0.1, 0.15) is 46.5 Å². The SMILES string of the molecule is O=C(Nc1ccccc1)c1cc(C(=O)N2CCCCCC2)ccn1. The van der Waals surface area contributed by atoms with E-state index < -0.39 is 0 Å². The lowest BCUT2D eigenvalue weighted by Gasteiger charge is -2.20. The molecule has 3 rings (SSSR count). The van der Waals surface area contributed by atoms with Gasteiger partial charge in [0.1, 0.15) is 5.69 Å². The van der Waals surface area contributed by atoms with Crippen molar-refractivity contribution in [2.24, 2.45) is 0 Å². The number of nitrogens with zero attached hydrogens (tertiary/aromatic N) is 2. The van der Waals surface area contributed by atoms with Crippen LogP contribution in [0.15, 0.2) is 48.7 Å². The van der Waals surface area contributed by atoms with Crippen LogP contribution in [-0.2, 0) is 0 Å². The van der Waals surface area contributed by atoms with Gasteiger partial charge in [-0.15, -0.1) is 0 Å². The molecular weight excluding hydrogens is 302 g/mol. The molecular formula is C19H21N3O2. The van der Waals surface area contributed by atoms with E-state index in [0.717, 1.165) is 25.9 Å². The van der Waals surface area contributed by atoms with Crippen molar-refractivity contribution >= 4 is 17.5 Å². The summed E-state index contributed by atoms with van der Waals surface area (Å²) in [4.78, 5) is 30.9. The van der Waals surface area contributed by atoms with Gasteiger partial charge in [0.25, 0.3) is 11.8 Å². The van der Waals surface area contributed by atoms with Gasteiger partial charge in [-0.2, -0.15) is 0 Å². The number of hydrogen-bond acceptors (Lipinski definition) is 3. The molecule has 2 aromatic rings. The molecule has 1 aliphatic heterocycles. The average molecular weight is 323 g/mol. The van der Waals surface area contributed by atoms with Crippen molar-refractivity contribution in [3.8, 4) is 0 Å². The maximum Gasteiger partial charge on any atom is 0.274 e. The predicted molar refractivity (Wildman–Crippen MR) is 93.0 cm³/mol. The molecule has 1 aromatic carbocycles. The minimum atomic E-state index is -0.313. The maximum absolute atomic E-state index is 12.7. The Morgan fingerprint density at radius 1 is 0.958 bits per heavy atom. The molecule has 0 bridgehead atoms. The molecule has 124 valence electrons. The van der Waals surface area contributed by atoms with Gasteiger partial charge in [0, 0.05) is 30.5 Å². The number of likely N-dealkylation sites (tertiary alicyclic amines) is 1. The number of aromatic nitrogens is 1. The standard InChI is InChI=1S/C19H21N3O2/c23-18(21-16-8-4-3-5-9-16)17-14-15(10-11-20-17)19(24)22-12-6-1-2-7-13-22/h3-5,8-11,14H,1-2,6-7,12-13H2,(H,21,23). The molecule has 24 heavy (non-hydrogen) atoms. The molecule has 1 saturated heterocycles. The Morgan fingerprint density at radius 2 is 1.67 bits per heavy atom. The zero-order chi connectivity index (χ0) is 16.8. The highest BCUT2D eigenvalue weighted by atomic mass is 16.2. The first kappa shape index (κ1) is 16.2. The fourth-order valence-corrected chi connectivity index (χ4v) is 2.86. The van der Waals surface area contributed by atoms with Crippen molar-refractivity contribution < 1.29 is 9.59 Å². The number of rotatable bonds is 3. The van der Waals surface area contributed by atoms with Crippen LogP contribution in [0.25, 0.3) is 0 Å². The van der Waals surface area contributed by atoms with Crippen molar-refractivity contribution in [3.63, 3.8) is 0 Å². The second-order valence-electron chi connectivity index (χ2n) is 5.96. The number of para-hydroxylation sites is 1. The molecule has 5 heteroatoms. The highest BCUT2D eigenvalue weighted by molar-refractivity contribution is 6.04. The van der Waals surface area contributed by atoms with Crippen LogP contribution in [0.3, 0.4) is 0 Å². The van der Waals surface area contributed by atoms with Crippen molar-refractivity contribution in [3.05, 3.63) is 59.9 Å². The minimum Gasteiger partial charge on any atom is -0.339 e. The minimum absolute atomic E-state index is 0.0203. The number of hydrogen-bond donors (Lipinski definition) is 1. The highest BCUT2D eigenvalue weighted by Crippen LogP contribution is 2.14. The summed E-state index contributed by atoms with van der Waals surface area (Å²) in [6.45, 7) is 1.57. The summed E-state index contributed by atoms with van der Waals surface area (Å²) < 4.78 is 0. The van der Waals surface area contributed by atoms with Crippen LogP contribution in [-0.4, -0.2) is 34.8 Å². The number of carbonyl (C=O) groups is 2. The Hall–Kier alpha value is -2.69. The topological polar surface area (TPSA) is 62.3 Å². The second-order valence-corrected chi connectivity index (χ2v) is 5.96. The van der Waals surface area contributed by atoms with Gasteiger partial charge < -0.3 is 10.2 Å². The summed E-state index contributed by atoms with van der Waals surface area (Å²) in [6.07, 6.45) is 5.94. The monoisotopic (exact) mass is 323 g/mol. The highest BCUT2D eigenvalue weighted by Gasteiger charge is 2.19. The summed E-state index contributed by atoms with van der Waals surface area (Å²) in [5.41, 5.74) is 1.47. The van der Waals surface area contributed by atoms with Crippen molar-refractivity contribution in [1.82, 2.24) is 9.88 Å². The van der Waals surface area contributed by atoms with Gasteiger partial charge in [-0.05, 0) is 37.1 Å². The molecule has 1 fully saturated rings. The molecule has 0 spiro atoms.